The van der Waals surface area contributed by atoms with E-state index in [1.54, 1.807) is 0 Å². The first-order valence-electron chi connectivity index (χ1n) is 21.4. The third kappa shape index (κ3) is 11.4. The first kappa shape index (κ1) is 38.5. The molecular formula is C45H68N4O4. The molecule has 2 aromatic rings. The summed E-state index contributed by atoms with van der Waals surface area (Å²) in [5, 5.41) is 3.06. The number of amides is 1. The lowest BCUT2D eigenvalue weighted by atomic mass is 9.85. The molecule has 4 aliphatic carbocycles. The second-order valence-corrected chi connectivity index (χ2v) is 18.1. The Kier molecular flexibility index (Phi) is 12.9. The van der Waals surface area contributed by atoms with E-state index in [1.807, 2.05) is 20.8 Å². The van der Waals surface area contributed by atoms with Gasteiger partial charge in [-0.3, -0.25) is 0 Å². The van der Waals surface area contributed by atoms with Gasteiger partial charge in [0, 0.05) is 24.2 Å². The SMILES string of the molecule is CC(C)(C)OC(=O)NC1CCC(N2CCC(c3ccccc3OC3CC3)CC2)CC1.NC1CCC(N2CCC(c3ccccc3OC3CC3)CC2)CC1. The lowest BCUT2D eigenvalue weighted by molar-refractivity contribution is 0.0469. The summed E-state index contributed by atoms with van der Waals surface area (Å²) in [5.74, 6) is 3.55. The minimum absolute atomic E-state index is 0.250. The molecule has 1 amide bonds. The van der Waals surface area contributed by atoms with Crippen molar-refractivity contribution in [3.63, 3.8) is 0 Å². The molecule has 4 saturated carbocycles. The van der Waals surface area contributed by atoms with Gasteiger partial charge in [-0.25, -0.2) is 4.79 Å². The van der Waals surface area contributed by atoms with Gasteiger partial charge in [0.25, 0.3) is 0 Å². The molecule has 292 valence electrons. The molecule has 8 nitrogen and oxygen atoms in total. The van der Waals surface area contributed by atoms with Gasteiger partial charge in [-0.1, -0.05) is 36.4 Å². The second kappa shape index (κ2) is 17.8. The Morgan fingerprint density at radius 3 is 1.43 bits per heavy atom. The Morgan fingerprint density at radius 2 is 1.02 bits per heavy atom. The number of nitrogens with zero attached hydrogens (tertiary/aromatic N) is 2. The molecule has 2 heterocycles. The lowest BCUT2D eigenvalue weighted by Crippen LogP contribution is -2.47. The number of piperidine rings is 2. The van der Waals surface area contributed by atoms with Gasteiger partial charge in [0.15, 0.2) is 0 Å². The molecule has 53 heavy (non-hydrogen) atoms. The molecule has 0 unspecified atom stereocenters. The van der Waals surface area contributed by atoms with Crippen LogP contribution in [0.15, 0.2) is 48.5 Å². The summed E-state index contributed by atoms with van der Waals surface area (Å²) < 4.78 is 17.7. The Bertz CT molecular complexity index is 1440. The number of alkyl carbamates (subject to hydrolysis) is 1. The van der Waals surface area contributed by atoms with Crippen LogP contribution in [0.2, 0.25) is 0 Å². The molecule has 0 bridgehead atoms. The van der Waals surface area contributed by atoms with Crippen LogP contribution >= 0.6 is 0 Å². The molecule has 0 atom stereocenters. The van der Waals surface area contributed by atoms with Crippen LogP contribution in [0.1, 0.15) is 146 Å². The van der Waals surface area contributed by atoms with Gasteiger partial charge >= 0.3 is 6.09 Å². The fourth-order valence-electron chi connectivity index (χ4n) is 9.26. The zero-order valence-electron chi connectivity index (χ0n) is 33.0. The van der Waals surface area contributed by atoms with Gasteiger partial charge in [-0.2, -0.15) is 0 Å². The number of rotatable bonds is 9. The Morgan fingerprint density at radius 1 is 0.604 bits per heavy atom. The van der Waals surface area contributed by atoms with Crippen molar-refractivity contribution in [2.45, 2.75) is 177 Å². The highest BCUT2D eigenvalue weighted by molar-refractivity contribution is 5.68. The summed E-state index contributed by atoms with van der Waals surface area (Å²) >= 11 is 0. The standard InChI is InChI=1S/C25H38N2O3.C20H30N2O/c1-25(2,3)30-24(28)26-19-8-10-20(11-9-19)27-16-14-18(15-17-27)22-6-4-5-7-23(22)29-21-12-13-21;21-16-5-7-17(8-6-16)22-13-11-15(12-14-22)19-3-1-2-4-20(19)23-18-9-10-18/h4-7,18-21H,8-17H2,1-3H3,(H,26,28);1-4,15-18H,5-14,21H2. The zero-order chi connectivity index (χ0) is 36.8. The molecular weight excluding hydrogens is 661 g/mol. The highest BCUT2D eigenvalue weighted by Crippen LogP contribution is 2.40. The third-order valence-electron chi connectivity index (χ3n) is 12.6. The number of nitrogens with two attached hydrogens (primary N) is 1. The monoisotopic (exact) mass is 729 g/mol. The molecule has 0 spiro atoms. The predicted molar refractivity (Wildman–Crippen MR) is 213 cm³/mol. The van der Waals surface area contributed by atoms with E-state index >= 15 is 0 Å². The van der Waals surface area contributed by atoms with Crippen molar-refractivity contribution >= 4 is 6.09 Å². The normalized spacial score (nSPS) is 28.0. The minimum Gasteiger partial charge on any atom is -0.490 e. The van der Waals surface area contributed by atoms with Gasteiger partial charge in [-0.05, 0) is 185 Å². The maximum atomic E-state index is 12.0. The van der Waals surface area contributed by atoms with Crippen molar-refractivity contribution in [3.05, 3.63) is 59.7 Å². The molecule has 6 aliphatic rings. The fraction of sp³-hybridized carbons (Fsp3) is 0.711. The first-order valence-corrected chi connectivity index (χ1v) is 21.4. The molecule has 2 saturated heterocycles. The number of hydrogen-bond acceptors (Lipinski definition) is 7. The van der Waals surface area contributed by atoms with Crippen LogP contribution in [-0.2, 0) is 4.74 Å². The fourth-order valence-corrected chi connectivity index (χ4v) is 9.26. The van der Waals surface area contributed by atoms with E-state index in [0.717, 1.165) is 56.3 Å². The molecule has 8 rings (SSSR count). The second-order valence-electron chi connectivity index (χ2n) is 18.1. The van der Waals surface area contributed by atoms with Crippen LogP contribution in [0.3, 0.4) is 0 Å². The molecule has 0 radical (unpaired) electrons. The van der Waals surface area contributed by atoms with E-state index in [-0.39, 0.29) is 12.1 Å². The highest BCUT2D eigenvalue weighted by Gasteiger charge is 2.33. The highest BCUT2D eigenvalue weighted by atomic mass is 16.6. The Balaban J connectivity index is 0.000000170. The molecule has 6 fully saturated rings. The summed E-state index contributed by atoms with van der Waals surface area (Å²) in [5.41, 5.74) is 8.48. The maximum Gasteiger partial charge on any atom is 0.407 e. The first-order chi connectivity index (χ1) is 25.7. The van der Waals surface area contributed by atoms with Crippen molar-refractivity contribution in [3.8, 4) is 11.5 Å². The third-order valence-corrected chi connectivity index (χ3v) is 12.6. The molecule has 3 N–H and O–H groups in total. The van der Waals surface area contributed by atoms with Crippen LogP contribution in [0, 0.1) is 0 Å². The largest absolute Gasteiger partial charge is 0.490 e. The number of benzene rings is 2. The summed E-state index contributed by atoms with van der Waals surface area (Å²) in [4.78, 5) is 17.4. The van der Waals surface area contributed by atoms with Crippen LogP contribution in [0.5, 0.6) is 11.5 Å². The van der Waals surface area contributed by atoms with Gasteiger partial charge in [0.1, 0.15) is 17.1 Å². The van der Waals surface area contributed by atoms with Crippen LogP contribution in [0.4, 0.5) is 4.79 Å². The van der Waals surface area contributed by atoms with Crippen LogP contribution < -0.4 is 20.5 Å². The van der Waals surface area contributed by atoms with Crippen molar-refractivity contribution in [1.29, 1.82) is 0 Å². The predicted octanol–water partition coefficient (Wildman–Crippen LogP) is 8.92. The molecule has 2 aliphatic heterocycles. The summed E-state index contributed by atoms with van der Waals surface area (Å²) in [7, 11) is 0. The van der Waals surface area contributed by atoms with E-state index in [9.17, 15) is 4.79 Å². The number of carbonyl (C=O) groups is 1. The number of nitrogens with one attached hydrogen (secondary N) is 1. The smallest absolute Gasteiger partial charge is 0.407 e. The van der Waals surface area contributed by atoms with Crippen molar-refractivity contribution in [2.24, 2.45) is 5.73 Å². The van der Waals surface area contributed by atoms with Crippen molar-refractivity contribution in [2.75, 3.05) is 26.2 Å². The van der Waals surface area contributed by atoms with Gasteiger partial charge < -0.3 is 35.1 Å². The van der Waals surface area contributed by atoms with Crippen molar-refractivity contribution in [1.82, 2.24) is 15.1 Å². The van der Waals surface area contributed by atoms with E-state index in [2.05, 4.69) is 63.6 Å². The maximum absolute atomic E-state index is 12.0. The van der Waals surface area contributed by atoms with Gasteiger partial charge in [0.2, 0.25) is 0 Å². The Hall–Kier alpha value is -2.81. The van der Waals surface area contributed by atoms with Crippen LogP contribution in [-0.4, -0.2) is 84.0 Å². The van der Waals surface area contributed by atoms with Crippen molar-refractivity contribution < 1.29 is 19.0 Å². The number of hydrogen-bond donors (Lipinski definition) is 2. The lowest BCUT2D eigenvalue weighted by Gasteiger charge is -2.41. The van der Waals surface area contributed by atoms with E-state index < -0.39 is 5.60 Å². The Labute approximate surface area is 319 Å². The molecule has 2 aromatic carbocycles. The molecule has 8 heteroatoms. The quantitative estimate of drug-likeness (QED) is 0.267. The summed E-state index contributed by atoms with van der Waals surface area (Å²) in [6.45, 7) is 10.5. The number of para-hydroxylation sites is 2. The van der Waals surface area contributed by atoms with Crippen LogP contribution in [0.25, 0.3) is 0 Å². The summed E-state index contributed by atoms with van der Waals surface area (Å²) in [6, 6.07) is 19.6. The number of ether oxygens (including phenoxy) is 3. The topological polar surface area (TPSA) is 89.3 Å². The van der Waals surface area contributed by atoms with E-state index in [4.69, 9.17) is 19.9 Å². The van der Waals surface area contributed by atoms with Gasteiger partial charge in [0.05, 0.1) is 12.2 Å². The average Bonchev–Trinajstić information content (AvgIpc) is 4.11. The average molecular weight is 729 g/mol. The molecule has 0 aromatic heterocycles. The summed E-state index contributed by atoms with van der Waals surface area (Å²) in [6.07, 6.45) is 19.9. The minimum atomic E-state index is -0.437. The van der Waals surface area contributed by atoms with Gasteiger partial charge in [-0.15, -0.1) is 0 Å². The van der Waals surface area contributed by atoms with E-state index in [0.29, 0.717) is 36.1 Å². The number of likely N-dealkylation sites (tertiary alicyclic amines) is 2. The zero-order valence-corrected chi connectivity index (χ0v) is 33.0. The number of carbonyl (C=O) groups excluding carboxylic acids is 1. The van der Waals surface area contributed by atoms with E-state index in [1.165, 1.54) is 101 Å².